The molecule has 0 bridgehead atoms. The molecular formula is C24H40IN5O3. The Morgan fingerprint density at radius 2 is 1.70 bits per heavy atom. The van der Waals surface area contributed by atoms with E-state index < -0.39 is 5.60 Å². The number of piperidine rings is 1. The molecule has 2 saturated heterocycles. The molecular weight excluding hydrogens is 533 g/mol. The molecule has 0 saturated carbocycles. The van der Waals surface area contributed by atoms with E-state index in [0.717, 1.165) is 76.1 Å². The Morgan fingerprint density at radius 3 is 2.27 bits per heavy atom. The third-order valence-corrected chi connectivity index (χ3v) is 6.03. The van der Waals surface area contributed by atoms with Crippen LogP contribution in [-0.4, -0.2) is 87.4 Å². The number of likely N-dealkylation sites (tertiary alicyclic amines) is 1. The van der Waals surface area contributed by atoms with Crippen molar-refractivity contribution in [2.45, 2.75) is 39.2 Å². The fraction of sp³-hybridized carbons (Fsp3) is 0.667. The van der Waals surface area contributed by atoms with Crippen molar-refractivity contribution < 1.29 is 14.3 Å². The molecule has 1 N–H and O–H groups in total. The fourth-order valence-electron chi connectivity index (χ4n) is 4.26. The summed E-state index contributed by atoms with van der Waals surface area (Å²) in [4.78, 5) is 23.3. The van der Waals surface area contributed by atoms with Gasteiger partial charge in [0.05, 0.1) is 12.8 Å². The number of rotatable bonds is 4. The van der Waals surface area contributed by atoms with E-state index in [1.165, 1.54) is 0 Å². The molecule has 0 aromatic heterocycles. The minimum atomic E-state index is -0.447. The first-order chi connectivity index (χ1) is 15.3. The van der Waals surface area contributed by atoms with Crippen LogP contribution in [0.2, 0.25) is 0 Å². The van der Waals surface area contributed by atoms with Gasteiger partial charge in [-0.15, -0.1) is 24.0 Å². The standard InChI is InChI=1S/C24H39N5O3.HI/c1-24(2,3)32-23(30)29-12-10-19(11-13-29)18-26-22(25-4)28-16-14-27(15-17-28)20-8-6-7-9-21(20)31-5;/h6-9,19H,10-18H2,1-5H3,(H,25,26);1H. The van der Waals surface area contributed by atoms with Crippen LogP contribution in [-0.2, 0) is 4.74 Å². The van der Waals surface area contributed by atoms with Gasteiger partial charge in [-0.25, -0.2) is 4.79 Å². The maximum atomic E-state index is 12.3. The number of halogens is 1. The van der Waals surface area contributed by atoms with Crippen LogP contribution in [0.5, 0.6) is 5.75 Å². The topological polar surface area (TPSA) is 69.6 Å². The third-order valence-electron chi connectivity index (χ3n) is 6.03. The molecule has 186 valence electrons. The number of hydrogen-bond donors (Lipinski definition) is 1. The average Bonchev–Trinajstić information content (AvgIpc) is 2.79. The maximum absolute atomic E-state index is 12.3. The largest absolute Gasteiger partial charge is 0.495 e. The lowest BCUT2D eigenvalue weighted by Crippen LogP contribution is -2.53. The first-order valence-electron chi connectivity index (χ1n) is 11.6. The van der Waals surface area contributed by atoms with Crippen LogP contribution < -0.4 is 15.0 Å². The van der Waals surface area contributed by atoms with E-state index in [1.54, 1.807) is 7.11 Å². The van der Waals surface area contributed by atoms with Gasteiger partial charge in [-0.05, 0) is 51.7 Å². The number of benzene rings is 1. The van der Waals surface area contributed by atoms with E-state index in [9.17, 15) is 4.79 Å². The summed E-state index contributed by atoms with van der Waals surface area (Å²) in [5.74, 6) is 2.40. The van der Waals surface area contributed by atoms with E-state index in [-0.39, 0.29) is 30.1 Å². The summed E-state index contributed by atoms with van der Waals surface area (Å²) in [6.07, 6.45) is 1.75. The summed E-state index contributed by atoms with van der Waals surface area (Å²) >= 11 is 0. The van der Waals surface area contributed by atoms with Crippen LogP contribution in [0.15, 0.2) is 29.3 Å². The van der Waals surface area contributed by atoms with Gasteiger partial charge in [0.2, 0.25) is 0 Å². The summed E-state index contributed by atoms with van der Waals surface area (Å²) in [5.41, 5.74) is 0.701. The molecule has 0 spiro atoms. The molecule has 1 aromatic carbocycles. The predicted molar refractivity (Wildman–Crippen MR) is 144 cm³/mol. The number of piperazine rings is 1. The number of aliphatic imine (C=N–C) groups is 1. The van der Waals surface area contributed by atoms with Gasteiger partial charge in [-0.1, -0.05) is 12.1 Å². The summed E-state index contributed by atoms with van der Waals surface area (Å²) in [7, 11) is 3.57. The molecule has 0 unspecified atom stereocenters. The highest BCUT2D eigenvalue weighted by atomic mass is 127. The highest BCUT2D eigenvalue weighted by Crippen LogP contribution is 2.28. The Hall–Kier alpha value is -1.91. The second kappa shape index (κ2) is 12.5. The van der Waals surface area contributed by atoms with Gasteiger partial charge in [-0.3, -0.25) is 4.99 Å². The number of hydrogen-bond acceptors (Lipinski definition) is 5. The van der Waals surface area contributed by atoms with Crippen LogP contribution in [0.4, 0.5) is 10.5 Å². The van der Waals surface area contributed by atoms with Crippen LogP contribution in [0, 0.1) is 5.92 Å². The minimum absolute atomic E-state index is 0. The zero-order valence-electron chi connectivity index (χ0n) is 20.7. The molecule has 3 rings (SSSR count). The van der Waals surface area contributed by atoms with Crippen molar-refractivity contribution in [3.63, 3.8) is 0 Å². The van der Waals surface area contributed by atoms with Gasteiger partial charge < -0.3 is 29.5 Å². The molecule has 2 aliphatic heterocycles. The number of methoxy groups -OCH3 is 1. The molecule has 1 amide bonds. The first kappa shape index (κ1) is 27.3. The van der Waals surface area contributed by atoms with Gasteiger partial charge in [0.1, 0.15) is 11.4 Å². The van der Waals surface area contributed by atoms with E-state index in [2.05, 4.69) is 32.2 Å². The van der Waals surface area contributed by atoms with Crippen molar-refractivity contribution in [3.8, 4) is 5.75 Å². The lowest BCUT2D eigenvalue weighted by molar-refractivity contribution is 0.0185. The van der Waals surface area contributed by atoms with E-state index in [1.807, 2.05) is 44.9 Å². The van der Waals surface area contributed by atoms with E-state index >= 15 is 0 Å². The average molecular weight is 574 g/mol. The second-order valence-electron chi connectivity index (χ2n) is 9.48. The Balaban J connectivity index is 0.00000385. The van der Waals surface area contributed by atoms with Gasteiger partial charge >= 0.3 is 6.09 Å². The highest BCUT2D eigenvalue weighted by Gasteiger charge is 2.27. The van der Waals surface area contributed by atoms with Crippen molar-refractivity contribution in [1.29, 1.82) is 0 Å². The normalized spacial score (nSPS) is 18.0. The van der Waals surface area contributed by atoms with Crippen molar-refractivity contribution in [1.82, 2.24) is 15.1 Å². The molecule has 2 aliphatic rings. The molecule has 2 heterocycles. The van der Waals surface area contributed by atoms with Crippen molar-refractivity contribution in [2.24, 2.45) is 10.9 Å². The summed E-state index contributed by atoms with van der Waals surface area (Å²) in [6.45, 7) is 11.8. The number of ether oxygens (including phenoxy) is 2. The molecule has 2 fully saturated rings. The molecule has 33 heavy (non-hydrogen) atoms. The molecule has 0 radical (unpaired) electrons. The van der Waals surface area contributed by atoms with Crippen LogP contribution in [0.1, 0.15) is 33.6 Å². The maximum Gasteiger partial charge on any atom is 0.410 e. The lowest BCUT2D eigenvalue weighted by atomic mass is 9.97. The lowest BCUT2D eigenvalue weighted by Gasteiger charge is -2.38. The SMILES string of the molecule is CN=C(NCC1CCN(C(=O)OC(C)(C)C)CC1)N1CCN(c2ccccc2OC)CC1.I. The number of guanidine groups is 1. The fourth-order valence-corrected chi connectivity index (χ4v) is 4.26. The minimum Gasteiger partial charge on any atom is -0.495 e. The summed E-state index contributed by atoms with van der Waals surface area (Å²) < 4.78 is 11.0. The van der Waals surface area contributed by atoms with Crippen LogP contribution >= 0.6 is 24.0 Å². The Morgan fingerprint density at radius 1 is 1.06 bits per heavy atom. The molecule has 0 aliphatic carbocycles. The van der Waals surface area contributed by atoms with E-state index in [4.69, 9.17) is 9.47 Å². The quantitative estimate of drug-likeness (QED) is 0.337. The monoisotopic (exact) mass is 573 g/mol. The van der Waals surface area contributed by atoms with Crippen molar-refractivity contribution >= 4 is 41.7 Å². The van der Waals surface area contributed by atoms with Gasteiger partial charge in [0, 0.05) is 52.9 Å². The number of carbonyl (C=O) groups excluding carboxylic acids is 1. The Labute approximate surface area is 215 Å². The zero-order valence-corrected chi connectivity index (χ0v) is 23.0. The third kappa shape index (κ3) is 7.82. The zero-order chi connectivity index (χ0) is 23.1. The predicted octanol–water partition coefficient (Wildman–Crippen LogP) is 3.66. The smallest absolute Gasteiger partial charge is 0.410 e. The Bertz CT molecular complexity index is 783. The van der Waals surface area contributed by atoms with E-state index in [0.29, 0.717) is 5.92 Å². The van der Waals surface area contributed by atoms with Crippen molar-refractivity contribution in [2.75, 3.05) is 64.9 Å². The number of anilines is 1. The molecule has 8 nitrogen and oxygen atoms in total. The van der Waals surface area contributed by atoms with Gasteiger partial charge in [-0.2, -0.15) is 0 Å². The molecule has 0 atom stereocenters. The summed E-state index contributed by atoms with van der Waals surface area (Å²) in [5, 5.41) is 3.57. The van der Waals surface area contributed by atoms with Crippen LogP contribution in [0.25, 0.3) is 0 Å². The number of carbonyl (C=O) groups is 1. The highest BCUT2D eigenvalue weighted by molar-refractivity contribution is 14.0. The number of amides is 1. The van der Waals surface area contributed by atoms with Gasteiger partial charge in [0.15, 0.2) is 5.96 Å². The second-order valence-corrected chi connectivity index (χ2v) is 9.48. The number of nitrogens with zero attached hydrogens (tertiary/aromatic N) is 4. The van der Waals surface area contributed by atoms with Gasteiger partial charge in [0.25, 0.3) is 0 Å². The molecule has 9 heteroatoms. The summed E-state index contributed by atoms with van der Waals surface area (Å²) in [6, 6.07) is 8.18. The Kier molecular flexibility index (Phi) is 10.4. The number of para-hydroxylation sites is 2. The molecule has 1 aromatic rings. The first-order valence-corrected chi connectivity index (χ1v) is 11.6. The van der Waals surface area contributed by atoms with Crippen LogP contribution in [0.3, 0.4) is 0 Å². The number of nitrogens with one attached hydrogen (secondary N) is 1. The van der Waals surface area contributed by atoms with Crippen molar-refractivity contribution in [3.05, 3.63) is 24.3 Å².